The van der Waals surface area contributed by atoms with Crippen molar-refractivity contribution in [3.05, 3.63) is 29.2 Å². The van der Waals surface area contributed by atoms with Crippen LogP contribution in [0.1, 0.15) is 60.7 Å². The highest BCUT2D eigenvalue weighted by Crippen LogP contribution is 2.15. The maximum absolute atomic E-state index is 12.6. The molecule has 126 valence electrons. The number of hydrogen-bond acceptors (Lipinski definition) is 6. The first-order chi connectivity index (χ1) is 10.8. The van der Waals surface area contributed by atoms with Crippen LogP contribution in [0.3, 0.4) is 0 Å². The van der Waals surface area contributed by atoms with E-state index < -0.39 is 0 Å². The Bertz CT molecular complexity index is 676. The monoisotopic (exact) mass is 321 g/mol. The molecule has 2 aromatic rings. The van der Waals surface area contributed by atoms with E-state index in [9.17, 15) is 4.79 Å². The van der Waals surface area contributed by atoms with Crippen molar-refractivity contribution in [3.8, 4) is 0 Å². The van der Waals surface area contributed by atoms with Crippen LogP contribution in [-0.4, -0.2) is 44.9 Å². The molecule has 23 heavy (non-hydrogen) atoms. The van der Waals surface area contributed by atoms with Gasteiger partial charge in [-0.2, -0.15) is 10.1 Å². The van der Waals surface area contributed by atoms with Crippen molar-refractivity contribution >= 4 is 5.91 Å². The number of carbonyl (C=O) groups is 1. The van der Waals surface area contributed by atoms with Crippen LogP contribution in [0.25, 0.3) is 0 Å². The van der Waals surface area contributed by atoms with Crippen LogP contribution in [-0.2, 0) is 11.3 Å². The Morgan fingerprint density at radius 2 is 2.13 bits per heavy atom. The van der Waals surface area contributed by atoms with Crippen LogP contribution in [0.15, 0.2) is 10.7 Å². The van der Waals surface area contributed by atoms with Gasteiger partial charge in [0.2, 0.25) is 5.89 Å². The fourth-order valence-electron chi connectivity index (χ4n) is 2.04. The molecule has 2 heterocycles. The summed E-state index contributed by atoms with van der Waals surface area (Å²) in [4.78, 5) is 18.3. The lowest BCUT2D eigenvalue weighted by molar-refractivity contribution is 0.0768. The van der Waals surface area contributed by atoms with Gasteiger partial charge in [-0.1, -0.05) is 5.16 Å². The first kappa shape index (κ1) is 17.1. The first-order valence-electron chi connectivity index (χ1n) is 7.50. The van der Waals surface area contributed by atoms with Crippen molar-refractivity contribution in [1.82, 2.24) is 24.8 Å². The van der Waals surface area contributed by atoms with Crippen LogP contribution < -0.4 is 0 Å². The second kappa shape index (κ2) is 6.91. The van der Waals surface area contributed by atoms with Crippen molar-refractivity contribution in [2.24, 2.45) is 0 Å². The largest absolute Gasteiger partial charge is 0.374 e. The van der Waals surface area contributed by atoms with Gasteiger partial charge in [0.05, 0.1) is 17.8 Å². The minimum absolute atomic E-state index is 0.131. The lowest BCUT2D eigenvalue weighted by Gasteiger charge is -2.14. The maximum Gasteiger partial charge on any atom is 0.257 e. The summed E-state index contributed by atoms with van der Waals surface area (Å²) in [6.45, 7) is 7.91. The zero-order valence-electron chi connectivity index (χ0n) is 14.4. The summed E-state index contributed by atoms with van der Waals surface area (Å²) < 4.78 is 12.1. The molecule has 0 bridgehead atoms. The molecule has 2 aromatic heterocycles. The summed E-state index contributed by atoms with van der Waals surface area (Å²) in [5.74, 6) is 0.703. The zero-order chi connectivity index (χ0) is 17.1. The van der Waals surface area contributed by atoms with Crippen LogP contribution in [0.5, 0.6) is 0 Å². The number of amides is 1. The van der Waals surface area contributed by atoms with Gasteiger partial charge in [0.15, 0.2) is 5.82 Å². The molecule has 0 aliphatic heterocycles. The van der Waals surface area contributed by atoms with Gasteiger partial charge >= 0.3 is 0 Å². The van der Waals surface area contributed by atoms with E-state index >= 15 is 0 Å². The number of aryl methyl sites for hydroxylation is 1. The second-order valence-electron chi connectivity index (χ2n) is 5.79. The fraction of sp³-hybridized carbons (Fsp3) is 0.600. The van der Waals surface area contributed by atoms with Gasteiger partial charge < -0.3 is 14.2 Å². The summed E-state index contributed by atoms with van der Waals surface area (Å²) in [5.41, 5.74) is 1.28. The summed E-state index contributed by atoms with van der Waals surface area (Å²) in [6.07, 6.45) is 1.52. The van der Waals surface area contributed by atoms with E-state index in [4.69, 9.17) is 9.26 Å². The van der Waals surface area contributed by atoms with E-state index in [-0.39, 0.29) is 24.6 Å². The van der Waals surface area contributed by atoms with E-state index in [1.165, 1.54) is 4.90 Å². The van der Waals surface area contributed by atoms with Crippen LogP contribution in [0.2, 0.25) is 0 Å². The third-order valence-electron chi connectivity index (χ3n) is 3.60. The average molecular weight is 321 g/mol. The van der Waals surface area contributed by atoms with Crippen molar-refractivity contribution in [2.45, 2.75) is 46.4 Å². The molecule has 0 aliphatic rings. The molecular weight excluding hydrogens is 298 g/mol. The van der Waals surface area contributed by atoms with Crippen molar-refractivity contribution < 1.29 is 14.1 Å². The maximum atomic E-state index is 12.6. The highest BCUT2D eigenvalue weighted by atomic mass is 16.5. The Morgan fingerprint density at radius 1 is 1.43 bits per heavy atom. The molecule has 0 saturated heterocycles. The van der Waals surface area contributed by atoms with Gasteiger partial charge in [0.1, 0.15) is 6.10 Å². The predicted octanol–water partition coefficient (Wildman–Crippen LogP) is 2.14. The molecule has 8 nitrogen and oxygen atoms in total. The third kappa shape index (κ3) is 3.76. The number of nitrogens with zero attached hydrogens (tertiary/aromatic N) is 5. The molecule has 1 atom stereocenters. The van der Waals surface area contributed by atoms with Gasteiger partial charge in [-0.15, -0.1) is 0 Å². The molecule has 2 rings (SSSR count). The Labute approximate surface area is 135 Å². The summed E-state index contributed by atoms with van der Waals surface area (Å²) in [5, 5.41) is 8.21. The fourth-order valence-corrected chi connectivity index (χ4v) is 2.04. The number of carbonyl (C=O) groups excluding carboxylic acids is 1. The molecule has 1 amide bonds. The van der Waals surface area contributed by atoms with Crippen molar-refractivity contribution in [1.29, 1.82) is 0 Å². The lowest BCUT2D eigenvalue weighted by Crippen LogP contribution is -2.26. The van der Waals surface area contributed by atoms with E-state index in [1.54, 1.807) is 25.0 Å². The molecule has 0 fully saturated rings. The molecule has 1 unspecified atom stereocenters. The number of aromatic nitrogens is 4. The van der Waals surface area contributed by atoms with Gasteiger partial charge in [-0.3, -0.25) is 9.48 Å². The van der Waals surface area contributed by atoms with Crippen LogP contribution in [0, 0.1) is 6.92 Å². The number of ether oxygens (including phenoxy) is 1. The Balaban J connectivity index is 2.09. The van der Waals surface area contributed by atoms with Crippen LogP contribution >= 0.6 is 0 Å². The molecule has 0 aromatic carbocycles. The standard InChI is InChI=1S/C15H23N5O3/c1-9(2)20-7-12(10(3)17-20)15(21)19(5)8-13-16-14(18-23-13)11(4)22-6/h7,9,11H,8H2,1-6H3. The van der Waals surface area contributed by atoms with Gasteiger partial charge in [0, 0.05) is 26.4 Å². The average Bonchev–Trinajstić information content (AvgIpc) is 3.12. The van der Waals surface area contributed by atoms with Gasteiger partial charge in [-0.05, 0) is 27.7 Å². The molecular formula is C15H23N5O3. The molecule has 0 saturated carbocycles. The number of hydrogen-bond donors (Lipinski definition) is 0. The third-order valence-corrected chi connectivity index (χ3v) is 3.60. The summed E-state index contributed by atoms with van der Waals surface area (Å²) in [7, 11) is 3.27. The molecule has 8 heteroatoms. The van der Waals surface area contributed by atoms with E-state index in [2.05, 4.69) is 15.2 Å². The summed E-state index contributed by atoms with van der Waals surface area (Å²) >= 11 is 0. The summed E-state index contributed by atoms with van der Waals surface area (Å²) in [6, 6.07) is 0.203. The highest BCUT2D eigenvalue weighted by molar-refractivity contribution is 5.94. The first-order valence-corrected chi connectivity index (χ1v) is 7.50. The van der Waals surface area contributed by atoms with E-state index in [0.717, 1.165) is 0 Å². The zero-order valence-corrected chi connectivity index (χ0v) is 14.4. The normalized spacial score (nSPS) is 12.7. The Kier molecular flexibility index (Phi) is 5.15. The van der Waals surface area contributed by atoms with E-state index in [1.807, 2.05) is 27.7 Å². The molecule has 0 spiro atoms. The number of rotatable bonds is 6. The minimum Gasteiger partial charge on any atom is -0.374 e. The molecule has 0 radical (unpaired) electrons. The topological polar surface area (TPSA) is 86.3 Å². The van der Waals surface area contributed by atoms with Gasteiger partial charge in [-0.25, -0.2) is 0 Å². The number of methoxy groups -OCH3 is 1. The molecule has 0 N–H and O–H groups in total. The Hall–Kier alpha value is -2.22. The van der Waals surface area contributed by atoms with Crippen molar-refractivity contribution in [2.75, 3.05) is 14.2 Å². The Morgan fingerprint density at radius 3 is 2.70 bits per heavy atom. The minimum atomic E-state index is -0.250. The molecule has 0 aliphatic carbocycles. The van der Waals surface area contributed by atoms with Gasteiger partial charge in [0.25, 0.3) is 5.91 Å². The second-order valence-corrected chi connectivity index (χ2v) is 5.79. The quantitative estimate of drug-likeness (QED) is 0.810. The lowest BCUT2D eigenvalue weighted by atomic mass is 10.2. The van der Waals surface area contributed by atoms with Crippen LogP contribution in [0.4, 0.5) is 0 Å². The van der Waals surface area contributed by atoms with E-state index in [0.29, 0.717) is 23.0 Å². The predicted molar refractivity (Wildman–Crippen MR) is 82.9 cm³/mol. The van der Waals surface area contributed by atoms with Crippen molar-refractivity contribution in [3.63, 3.8) is 0 Å². The highest BCUT2D eigenvalue weighted by Gasteiger charge is 2.21. The SMILES string of the molecule is COC(C)c1noc(CN(C)C(=O)c2cn(C(C)C)nc2C)n1. The smallest absolute Gasteiger partial charge is 0.257 e.